The lowest BCUT2D eigenvalue weighted by atomic mass is 10.0. The molecule has 0 spiro atoms. The summed E-state index contributed by atoms with van der Waals surface area (Å²) in [7, 11) is -4.38. The number of carbonyl (C=O) groups excluding carboxylic acids is 2. The maximum atomic E-state index is 12.6. The third kappa shape index (κ3) is 47.8. The van der Waals surface area contributed by atoms with Crippen LogP contribution in [0.5, 0.6) is 0 Å². The van der Waals surface area contributed by atoms with Gasteiger partial charge in [-0.2, -0.15) is 0 Å². The van der Waals surface area contributed by atoms with Crippen molar-refractivity contribution in [3.8, 4) is 0 Å². The minimum absolute atomic E-state index is 0.0546. The van der Waals surface area contributed by atoms with Crippen molar-refractivity contribution in [2.24, 2.45) is 5.73 Å². The molecule has 0 fully saturated rings. The third-order valence-corrected chi connectivity index (χ3v) is 12.3. The van der Waals surface area contributed by atoms with Crippen LogP contribution in [0.1, 0.15) is 258 Å². The van der Waals surface area contributed by atoms with E-state index in [9.17, 15) is 19.0 Å². The Morgan fingerprint density at radius 3 is 1.16 bits per heavy atom. The summed E-state index contributed by atoms with van der Waals surface area (Å²) < 4.78 is 32.9. The zero-order chi connectivity index (χ0) is 44.6. The highest BCUT2D eigenvalue weighted by molar-refractivity contribution is 7.47. The molecular formula is C51H98NO8P. The first-order valence-corrected chi connectivity index (χ1v) is 27.3. The van der Waals surface area contributed by atoms with Crippen molar-refractivity contribution < 1.29 is 37.6 Å². The van der Waals surface area contributed by atoms with Crippen molar-refractivity contribution >= 4 is 19.8 Å². The van der Waals surface area contributed by atoms with Crippen LogP contribution in [0.2, 0.25) is 0 Å². The Labute approximate surface area is 376 Å². The molecule has 3 N–H and O–H groups in total. The number of carbonyl (C=O) groups is 2. The maximum Gasteiger partial charge on any atom is 0.472 e. The number of hydrogen-bond acceptors (Lipinski definition) is 8. The van der Waals surface area contributed by atoms with Gasteiger partial charge in [-0.15, -0.1) is 0 Å². The standard InChI is InChI=1S/C51H98NO8P/c1-3-5-7-9-11-13-15-17-19-21-23-24-26-27-29-31-33-35-37-39-41-43-50(53)57-47-49(48-59-61(55,56)58-46-45-52)60-51(54)44-42-40-38-36-34-32-30-28-25-22-20-18-16-14-12-10-8-6-4-2/h17-20,49H,3-16,21-48,52H2,1-2H3,(H,55,56)/b19-17+,20-18+/t49-/m1/s1. The smallest absolute Gasteiger partial charge is 0.462 e. The van der Waals surface area contributed by atoms with Crippen molar-refractivity contribution in [2.45, 2.75) is 264 Å². The Morgan fingerprint density at radius 2 is 0.803 bits per heavy atom. The second-order valence-electron chi connectivity index (χ2n) is 17.4. The maximum absolute atomic E-state index is 12.6. The molecule has 1 unspecified atom stereocenters. The summed E-state index contributed by atoms with van der Waals surface area (Å²) in [5, 5.41) is 0. The van der Waals surface area contributed by atoms with E-state index in [1.165, 1.54) is 186 Å². The summed E-state index contributed by atoms with van der Waals surface area (Å²) in [6, 6.07) is 0. The highest BCUT2D eigenvalue weighted by atomic mass is 31.2. The van der Waals surface area contributed by atoms with Crippen LogP contribution in [-0.4, -0.2) is 49.3 Å². The van der Waals surface area contributed by atoms with Gasteiger partial charge < -0.3 is 20.1 Å². The number of unbranched alkanes of at least 4 members (excludes halogenated alkanes) is 32. The van der Waals surface area contributed by atoms with Gasteiger partial charge >= 0.3 is 19.8 Å². The van der Waals surface area contributed by atoms with E-state index in [1.807, 2.05) is 0 Å². The Morgan fingerprint density at radius 1 is 0.475 bits per heavy atom. The molecule has 0 aromatic carbocycles. The van der Waals surface area contributed by atoms with Gasteiger partial charge in [0, 0.05) is 19.4 Å². The Hall–Kier alpha value is -1.51. The average Bonchev–Trinajstić information content (AvgIpc) is 3.25. The van der Waals surface area contributed by atoms with E-state index in [0.29, 0.717) is 6.42 Å². The molecule has 9 nitrogen and oxygen atoms in total. The molecule has 0 aromatic heterocycles. The normalized spacial score (nSPS) is 13.3. The van der Waals surface area contributed by atoms with Gasteiger partial charge in [0.05, 0.1) is 13.2 Å². The van der Waals surface area contributed by atoms with Gasteiger partial charge in [0.1, 0.15) is 6.61 Å². The minimum atomic E-state index is -4.38. The quantitative estimate of drug-likeness (QED) is 0.0265. The van der Waals surface area contributed by atoms with E-state index in [2.05, 4.69) is 38.2 Å². The van der Waals surface area contributed by atoms with Gasteiger partial charge in [0.15, 0.2) is 6.10 Å². The summed E-state index contributed by atoms with van der Waals surface area (Å²) >= 11 is 0. The number of esters is 2. The van der Waals surface area contributed by atoms with Crippen LogP contribution >= 0.6 is 7.82 Å². The lowest BCUT2D eigenvalue weighted by Gasteiger charge is -2.19. The molecule has 0 aliphatic heterocycles. The highest BCUT2D eigenvalue weighted by Crippen LogP contribution is 2.43. The molecular weight excluding hydrogens is 786 g/mol. The van der Waals surface area contributed by atoms with Gasteiger partial charge in [-0.05, 0) is 64.2 Å². The zero-order valence-electron chi connectivity index (χ0n) is 39.9. The molecule has 0 heterocycles. The van der Waals surface area contributed by atoms with Crippen molar-refractivity contribution in [3.05, 3.63) is 24.3 Å². The van der Waals surface area contributed by atoms with Crippen LogP contribution < -0.4 is 5.73 Å². The van der Waals surface area contributed by atoms with Gasteiger partial charge in [-0.25, -0.2) is 4.57 Å². The minimum Gasteiger partial charge on any atom is -0.462 e. The molecule has 0 bridgehead atoms. The molecule has 0 amide bonds. The summed E-state index contributed by atoms with van der Waals surface area (Å²) in [5.41, 5.74) is 5.37. The third-order valence-electron chi connectivity index (χ3n) is 11.3. The van der Waals surface area contributed by atoms with Crippen LogP contribution in [0.3, 0.4) is 0 Å². The predicted octanol–water partition coefficient (Wildman–Crippen LogP) is 15.5. The zero-order valence-corrected chi connectivity index (χ0v) is 40.8. The second kappa shape index (κ2) is 48.0. The Balaban J connectivity index is 4.02. The molecule has 0 saturated heterocycles. The first kappa shape index (κ1) is 59.5. The molecule has 0 radical (unpaired) electrons. The molecule has 0 rings (SSSR count). The molecule has 0 aromatic rings. The number of allylic oxidation sites excluding steroid dienone is 4. The number of nitrogens with two attached hydrogens (primary N) is 1. The van der Waals surface area contributed by atoms with Crippen LogP contribution in [0.15, 0.2) is 24.3 Å². The van der Waals surface area contributed by atoms with Crippen molar-refractivity contribution in [1.29, 1.82) is 0 Å². The van der Waals surface area contributed by atoms with Crippen LogP contribution in [0.4, 0.5) is 0 Å². The van der Waals surface area contributed by atoms with Crippen molar-refractivity contribution in [1.82, 2.24) is 0 Å². The average molecular weight is 884 g/mol. The summed E-state index contributed by atoms with van der Waals surface area (Å²) in [5.74, 6) is -0.820. The van der Waals surface area contributed by atoms with E-state index < -0.39 is 26.5 Å². The highest BCUT2D eigenvalue weighted by Gasteiger charge is 2.26. The van der Waals surface area contributed by atoms with Crippen LogP contribution in [0.25, 0.3) is 0 Å². The molecule has 0 aliphatic rings. The lowest BCUT2D eigenvalue weighted by Crippen LogP contribution is -2.29. The van der Waals surface area contributed by atoms with E-state index in [1.54, 1.807) is 0 Å². The van der Waals surface area contributed by atoms with Gasteiger partial charge in [0.2, 0.25) is 0 Å². The fourth-order valence-electron chi connectivity index (χ4n) is 7.45. The molecule has 0 aliphatic carbocycles. The number of hydrogen-bond donors (Lipinski definition) is 2. The number of rotatable bonds is 49. The van der Waals surface area contributed by atoms with Crippen molar-refractivity contribution in [2.75, 3.05) is 26.4 Å². The van der Waals surface area contributed by atoms with Gasteiger partial charge in [-0.3, -0.25) is 18.6 Å². The largest absolute Gasteiger partial charge is 0.472 e. The predicted molar refractivity (Wildman–Crippen MR) is 257 cm³/mol. The van der Waals surface area contributed by atoms with E-state index in [-0.39, 0.29) is 38.6 Å². The van der Waals surface area contributed by atoms with E-state index in [4.69, 9.17) is 24.3 Å². The van der Waals surface area contributed by atoms with E-state index in [0.717, 1.165) is 38.5 Å². The van der Waals surface area contributed by atoms with Crippen LogP contribution in [0, 0.1) is 0 Å². The first-order valence-electron chi connectivity index (χ1n) is 25.8. The van der Waals surface area contributed by atoms with E-state index >= 15 is 0 Å². The Kier molecular flexibility index (Phi) is 46.8. The van der Waals surface area contributed by atoms with Crippen molar-refractivity contribution in [3.63, 3.8) is 0 Å². The van der Waals surface area contributed by atoms with Gasteiger partial charge in [-0.1, -0.05) is 205 Å². The summed E-state index contributed by atoms with van der Waals surface area (Å²) in [6.07, 6.45) is 53.5. The fourth-order valence-corrected chi connectivity index (χ4v) is 8.21. The second-order valence-corrected chi connectivity index (χ2v) is 18.8. The molecule has 360 valence electrons. The van der Waals surface area contributed by atoms with Gasteiger partial charge in [0.25, 0.3) is 0 Å². The summed E-state index contributed by atoms with van der Waals surface area (Å²) in [4.78, 5) is 35.1. The fraction of sp³-hybridized carbons (Fsp3) is 0.882. The number of ether oxygens (including phenoxy) is 2. The SMILES string of the molecule is CCCCCCCC/C=C/CCCCCCCCCCCCCC(=O)OC[C@H](COP(=O)(O)OCCN)OC(=O)CCCCCCCCCCC/C=C/CCCCCCCC. The number of phosphoric acid groups is 1. The van der Waals surface area contributed by atoms with Crippen LogP contribution in [-0.2, 0) is 32.7 Å². The summed E-state index contributed by atoms with van der Waals surface area (Å²) in [6.45, 7) is 3.77. The topological polar surface area (TPSA) is 134 Å². The molecule has 2 atom stereocenters. The molecule has 0 saturated carbocycles. The first-order chi connectivity index (χ1) is 29.8. The Bertz CT molecular complexity index is 1050. The lowest BCUT2D eigenvalue weighted by molar-refractivity contribution is -0.161. The molecule has 10 heteroatoms. The molecule has 61 heavy (non-hydrogen) atoms. The number of phosphoric ester groups is 1. The monoisotopic (exact) mass is 884 g/mol.